The summed E-state index contributed by atoms with van der Waals surface area (Å²) < 4.78 is 6.43. The predicted molar refractivity (Wildman–Crippen MR) is 88.3 cm³/mol. The molecule has 112 valence electrons. The van der Waals surface area contributed by atoms with E-state index in [4.69, 9.17) is 4.74 Å². The summed E-state index contributed by atoms with van der Waals surface area (Å²) in [7, 11) is 0. The predicted octanol–water partition coefficient (Wildman–Crippen LogP) is 3.62. The highest BCUT2D eigenvalue weighted by Gasteiger charge is 2.18. The first-order valence-corrected chi connectivity index (χ1v) is 8.94. The first-order chi connectivity index (χ1) is 10.4. The zero-order chi connectivity index (χ0) is 14.5. The molecule has 0 N–H and O–H groups in total. The van der Waals surface area contributed by atoms with Crippen LogP contribution < -0.4 is 4.90 Å². The average Bonchev–Trinajstić information content (AvgIpc) is 3.03. The molecule has 2 heterocycles. The molecular formula is C15H19N3OS2. The van der Waals surface area contributed by atoms with Crippen LogP contribution in [-0.4, -0.2) is 36.5 Å². The summed E-state index contributed by atoms with van der Waals surface area (Å²) in [6.45, 7) is 5.60. The van der Waals surface area contributed by atoms with Crippen LogP contribution in [0.5, 0.6) is 0 Å². The molecule has 0 spiro atoms. The van der Waals surface area contributed by atoms with E-state index < -0.39 is 0 Å². The molecular weight excluding hydrogens is 302 g/mol. The van der Waals surface area contributed by atoms with E-state index in [0.29, 0.717) is 5.25 Å². The minimum absolute atomic E-state index is 0.441. The van der Waals surface area contributed by atoms with Crippen LogP contribution in [0, 0.1) is 0 Å². The lowest BCUT2D eigenvalue weighted by molar-refractivity contribution is 0.122. The molecule has 1 aromatic heterocycles. The van der Waals surface area contributed by atoms with Gasteiger partial charge < -0.3 is 9.64 Å². The Morgan fingerprint density at radius 3 is 2.71 bits per heavy atom. The van der Waals surface area contributed by atoms with Crippen molar-refractivity contribution in [2.75, 3.05) is 31.2 Å². The molecule has 0 bridgehead atoms. The monoisotopic (exact) mass is 321 g/mol. The van der Waals surface area contributed by atoms with Crippen molar-refractivity contribution in [3.8, 4) is 0 Å². The summed E-state index contributed by atoms with van der Waals surface area (Å²) in [5.74, 6) is 0. The fourth-order valence-corrected chi connectivity index (χ4v) is 4.50. The van der Waals surface area contributed by atoms with Crippen LogP contribution in [0.2, 0.25) is 0 Å². The van der Waals surface area contributed by atoms with E-state index in [0.717, 1.165) is 42.2 Å². The van der Waals surface area contributed by atoms with Gasteiger partial charge in [0.15, 0.2) is 4.34 Å². The number of morpholine rings is 1. The van der Waals surface area contributed by atoms with Gasteiger partial charge in [0.2, 0.25) is 5.13 Å². The Hall–Kier alpha value is -1.11. The van der Waals surface area contributed by atoms with Crippen molar-refractivity contribution in [2.24, 2.45) is 0 Å². The summed E-state index contributed by atoms with van der Waals surface area (Å²) in [5.41, 5.74) is 1.35. The number of thioether (sulfide) groups is 1. The highest BCUT2D eigenvalue weighted by molar-refractivity contribution is 8.01. The van der Waals surface area contributed by atoms with Crippen LogP contribution in [-0.2, 0) is 4.74 Å². The molecule has 0 unspecified atom stereocenters. The molecule has 1 atom stereocenters. The molecule has 0 aliphatic carbocycles. The van der Waals surface area contributed by atoms with Gasteiger partial charge in [-0.1, -0.05) is 60.4 Å². The maximum absolute atomic E-state index is 5.38. The molecule has 6 heteroatoms. The molecule has 0 amide bonds. The van der Waals surface area contributed by atoms with Gasteiger partial charge >= 0.3 is 0 Å². The van der Waals surface area contributed by atoms with Crippen molar-refractivity contribution in [3.05, 3.63) is 35.9 Å². The summed E-state index contributed by atoms with van der Waals surface area (Å²) in [6.07, 6.45) is 1.08. The van der Waals surface area contributed by atoms with Crippen molar-refractivity contribution in [1.82, 2.24) is 10.2 Å². The SMILES string of the molecule is CC[C@H](Sc1nnc(N2CCOCC2)s1)c1ccccc1. The second-order valence-electron chi connectivity index (χ2n) is 4.88. The van der Waals surface area contributed by atoms with Crippen LogP contribution in [0.4, 0.5) is 5.13 Å². The molecule has 4 nitrogen and oxygen atoms in total. The van der Waals surface area contributed by atoms with Gasteiger partial charge in [0.1, 0.15) is 0 Å². The summed E-state index contributed by atoms with van der Waals surface area (Å²) >= 11 is 3.50. The Morgan fingerprint density at radius 2 is 2.00 bits per heavy atom. The maximum atomic E-state index is 5.38. The number of aromatic nitrogens is 2. The normalized spacial score (nSPS) is 16.9. The van der Waals surface area contributed by atoms with Crippen molar-refractivity contribution >= 4 is 28.2 Å². The molecule has 1 aliphatic heterocycles. The van der Waals surface area contributed by atoms with E-state index in [2.05, 4.69) is 52.4 Å². The molecule has 1 aliphatic rings. The topological polar surface area (TPSA) is 38.2 Å². The fourth-order valence-electron chi connectivity index (χ4n) is 2.31. The lowest BCUT2D eigenvalue weighted by Crippen LogP contribution is -2.36. The number of hydrogen-bond donors (Lipinski definition) is 0. The zero-order valence-electron chi connectivity index (χ0n) is 12.1. The Kier molecular flexibility index (Phi) is 5.11. The average molecular weight is 321 g/mol. The maximum Gasteiger partial charge on any atom is 0.209 e. The summed E-state index contributed by atoms with van der Waals surface area (Å²) in [6, 6.07) is 10.6. The molecule has 1 saturated heterocycles. The van der Waals surface area contributed by atoms with Gasteiger partial charge in [0, 0.05) is 18.3 Å². The number of nitrogens with zero attached hydrogens (tertiary/aromatic N) is 3. The van der Waals surface area contributed by atoms with Gasteiger partial charge in [0.05, 0.1) is 13.2 Å². The van der Waals surface area contributed by atoms with Crippen molar-refractivity contribution in [1.29, 1.82) is 0 Å². The minimum Gasteiger partial charge on any atom is -0.378 e. The zero-order valence-corrected chi connectivity index (χ0v) is 13.7. The van der Waals surface area contributed by atoms with Gasteiger partial charge in [-0.25, -0.2) is 0 Å². The van der Waals surface area contributed by atoms with Gasteiger partial charge in [-0.2, -0.15) is 0 Å². The van der Waals surface area contributed by atoms with Crippen molar-refractivity contribution < 1.29 is 4.74 Å². The molecule has 3 rings (SSSR count). The van der Waals surface area contributed by atoms with Crippen LogP contribution in [0.15, 0.2) is 34.7 Å². The van der Waals surface area contributed by atoms with E-state index in [1.165, 1.54) is 5.56 Å². The van der Waals surface area contributed by atoms with Crippen LogP contribution in [0.1, 0.15) is 24.2 Å². The lowest BCUT2D eigenvalue weighted by Gasteiger charge is -2.25. The van der Waals surface area contributed by atoms with Gasteiger partial charge in [0.25, 0.3) is 0 Å². The van der Waals surface area contributed by atoms with E-state index in [-0.39, 0.29) is 0 Å². The molecule has 0 radical (unpaired) electrons. The molecule has 0 saturated carbocycles. The number of rotatable bonds is 5. The quantitative estimate of drug-likeness (QED) is 0.786. The third-order valence-corrected chi connectivity index (χ3v) is 5.95. The molecule has 1 fully saturated rings. The van der Waals surface area contributed by atoms with Crippen LogP contribution >= 0.6 is 23.1 Å². The molecule has 1 aromatic carbocycles. The van der Waals surface area contributed by atoms with Crippen LogP contribution in [0.3, 0.4) is 0 Å². The van der Waals surface area contributed by atoms with Crippen molar-refractivity contribution in [3.63, 3.8) is 0 Å². The number of hydrogen-bond acceptors (Lipinski definition) is 6. The van der Waals surface area contributed by atoms with E-state index in [9.17, 15) is 0 Å². The van der Waals surface area contributed by atoms with E-state index >= 15 is 0 Å². The smallest absolute Gasteiger partial charge is 0.209 e. The second kappa shape index (κ2) is 7.24. The fraction of sp³-hybridized carbons (Fsp3) is 0.467. The summed E-state index contributed by atoms with van der Waals surface area (Å²) in [5, 5.41) is 10.2. The standard InChI is InChI=1S/C15H19N3OS2/c1-2-13(12-6-4-3-5-7-12)20-15-17-16-14(21-15)18-8-10-19-11-9-18/h3-7,13H,2,8-11H2,1H3/t13-/m0/s1. The Labute approximate surface area is 133 Å². The Bertz CT molecular complexity index is 555. The number of ether oxygens (including phenoxy) is 1. The van der Waals surface area contributed by atoms with Gasteiger partial charge in [-0.3, -0.25) is 0 Å². The Balaban J connectivity index is 1.68. The van der Waals surface area contributed by atoms with E-state index in [1.807, 2.05) is 11.8 Å². The lowest BCUT2D eigenvalue weighted by atomic mass is 10.1. The third kappa shape index (κ3) is 3.75. The molecule has 21 heavy (non-hydrogen) atoms. The third-order valence-electron chi connectivity index (χ3n) is 3.46. The van der Waals surface area contributed by atoms with Gasteiger partial charge in [-0.15, -0.1) is 10.2 Å². The van der Waals surface area contributed by atoms with Crippen molar-refractivity contribution in [2.45, 2.75) is 22.9 Å². The summed E-state index contributed by atoms with van der Waals surface area (Å²) in [4.78, 5) is 2.26. The first kappa shape index (κ1) is 14.8. The van der Waals surface area contributed by atoms with Gasteiger partial charge in [-0.05, 0) is 12.0 Å². The minimum atomic E-state index is 0.441. The number of anilines is 1. The highest BCUT2D eigenvalue weighted by Crippen LogP contribution is 2.40. The van der Waals surface area contributed by atoms with Crippen LogP contribution in [0.25, 0.3) is 0 Å². The largest absolute Gasteiger partial charge is 0.378 e. The molecule has 2 aromatic rings. The van der Waals surface area contributed by atoms with E-state index in [1.54, 1.807) is 11.3 Å². The highest BCUT2D eigenvalue weighted by atomic mass is 32.2. The first-order valence-electron chi connectivity index (χ1n) is 7.24. The second-order valence-corrected chi connectivity index (χ2v) is 7.28. The number of benzene rings is 1. The Morgan fingerprint density at radius 1 is 1.24 bits per heavy atom.